The van der Waals surface area contributed by atoms with Gasteiger partial charge in [0.05, 0.1) is 9.89 Å². The normalized spacial score (nSPS) is 17.9. The fourth-order valence-corrected chi connectivity index (χ4v) is 2.01. The molecule has 74 valence electrons. The van der Waals surface area contributed by atoms with Gasteiger partial charge in [0.25, 0.3) is 0 Å². The molecule has 0 spiro atoms. The fourth-order valence-electron chi connectivity index (χ4n) is 1.65. The molecule has 0 atom stereocenters. The van der Waals surface area contributed by atoms with E-state index in [9.17, 15) is 9.18 Å². The molecule has 0 saturated heterocycles. The number of benzene rings is 1. The van der Waals surface area contributed by atoms with Gasteiger partial charge in [0.1, 0.15) is 5.82 Å². The minimum atomic E-state index is -0.742. The van der Waals surface area contributed by atoms with Crippen molar-refractivity contribution in [1.82, 2.24) is 0 Å². The highest BCUT2D eigenvalue weighted by atomic mass is 79.9. The van der Waals surface area contributed by atoms with E-state index in [-0.39, 0.29) is 5.82 Å². The van der Waals surface area contributed by atoms with Gasteiger partial charge in [-0.1, -0.05) is 12.1 Å². The number of carbonyl (C=O) groups is 1. The van der Waals surface area contributed by atoms with Crippen molar-refractivity contribution >= 4 is 21.8 Å². The number of primary amides is 1. The molecular formula is C10H9BrFNO. The quantitative estimate of drug-likeness (QED) is 0.867. The maximum Gasteiger partial charge on any atom is 0.228 e. The van der Waals surface area contributed by atoms with Crippen LogP contribution in [0.25, 0.3) is 0 Å². The standard InChI is InChI=1S/C10H9BrFNO/c11-7-3-1-2-6(8(7)12)10(4-5-10)9(13)14/h1-3H,4-5H2,(H2,13,14). The molecule has 1 saturated carbocycles. The predicted molar refractivity (Wildman–Crippen MR) is 54.2 cm³/mol. The van der Waals surface area contributed by atoms with E-state index in [2.05, 4.69) is 15.9 Å². The van der Waals surface area contributed by atoms with Gasteiger partial charge in [-0.25, -0.2) is 4.39 Å². The molecule has 0 unspecified atom stereocenters. The van der Waals surface area contributed by atoms with Gasteiger partial charge in [0.2, 0.25) is 5.91 Å². The van der Waals surface area contributed by atoms with Crippen LogP contribution in [0, 0.1) is 5.82 Å². The average molecular weight is 258 g/mol. The zero-order valence-electron chi connectivity index (χ0n) is 7.39. The Morgan fingerprint density at radius 1 is 1.50 bits per heavy atom. The second-order valence-corrected chi connectivity index (χ2v) is 4.40. The third-order valence-electron chi connectivity index (χ3n) is 2.69. The molecule has 1 fully saturated rings. The number of hydrogen-bond donors (Lipinski definition) is 1. The predicted octanol–water partition coefficient (Wildman–Crippen LogP) is 2.11. The summed E-state index contributed by atoms with van der Waals surface area (Å²) < 4.78 is 14.0. The van der Waals surface area contributed by atoms with Crippen molar-refractivity contribution in [3.63, 3.8) is 0 Å². The van der Waals surface area contributed by atoms with Crippen LogP contribution in [-0.2, 0) is 10.2 Å². The van der Waals surface area contributed by atoms with Crippen LogP contribution in [-0.4, -0.2) is 5.91 Å². The summed E-state index contributed by atoms with van der Waals surface area (Å²) in [6.07, 6.45) is 1.30. The van der Waals surface area contributed by atoms with Crippen molar-refractivity contribution in [3.8, 4) is 0 Å². The van der Waals surface area contributed by atoms with E-state index >= 15 is 0 Å². The molecule has 1 amide bonds. The Kier molecular flexibility index (Phi) is 2.10. The number of halogens is 2. The highest BCUT2D eigenvalue weighted by molar-refractivity contribution is 9.10. The van der Waals surface area contributed by atoms with Gasteiger partial charge in [0, 0.05) is 5.56 Å². The Balaban J connectivity index is 2.52. The Labute approximate surface area is 89.4 Å². The SMILES string of the molecule is NC(=O)C1(c2cccc(Br)c2F)CC1. The molecule has 14 heavy (non-hydrogen) atoms. The third-order valence-corrected chi connectivity index (χ3v) is 3.30. The molecule has 1 aliphatic carbocycles. The highest BCUT2D eigenvalue weighted by Gasteiger charge is 2.51. The van der Waals surface area contributed by atoms with Crippen molar-refractivity contribution in [1.29, 1.82) is 0 Å². The molecule has 1 aromatic carbocycles. The van der Waals surface area contributed by atoms with Crippen LogP contribution >= 0.6 is 15.9 Å². The fraction of sp³-hybridized carbons (Fsp3) is 0.300. The van der Waals surface area contributed by atoms with Crippen LogP contribution in [0.5, 0.6) is 0 Å². The number of amides is 1. The molecule has 2 nitrogen and oxygen atoms in total. The molecule has 1 aliphatic rings. The van der Waals surface area contributed by atoms with Gasteiger partial charge in [-0.05, 0) is 34.8 Å². The van der Waals surface area contributed by atoms with Crippen molar-refractivity contribution in [2.24, 2.45) is 5.73 Å². The summed E-state index contributed by atoms with van der Waals surface area (Å²) in [4.78, 5) is 11.2. The van der Waals surface area contributed by atoms with Crippen molar-refractivity contribution < 1.29 is 9.18 Å². The molecule has 2 rings (SSSR count). The summed E-state index contributed by atoms with van der Waals surface area (Å²) in [5.41, 5.74) is 4.94. The van der Waals surface area contributed by atoms with E-state index in [1.54, 1.807) is 18.2 Å². The lowest BCUT2D eigenvalue weighted by atomic mass is 9.95. The van der Waals surface area contributed by atoms with E-state index in [0.717, 1.165) is 0 Å². The molecule has 0 heterocycles. The summed E-state index contributed by atoms with van der Waals surface area (Å²) in [5, 5.41) is 0. The summed E-state index contributed by atoms with van der Waals surface area (Å²) in [6, 6.07) is 4.94. The maximum atomic E-state index is 13.6. The molecular weight excluding hydrogens is 249 g/mol. The molecule has 0 aromatic heterocycles. The summed E-state index contributed by atoms with van der Waals surface area (Å²) in [5.74, 6) is -0.807. The van der Waals surface area contributed by atoms with Gasteiger partial charge in [0.15, 0.2) is 0 Å². The van der Waals surface area contributed by atoms with Crippen molar-refractivity contribution in [2.75, 3.05) is 0 Å². The van der Waals surface area contributed by atoms with Gasteiger partial charge in [-0.15, -0.1) is 0 Å². The lowest BCUT2D eigenvalue weighted by Gasteiger charge is -2.12. The Morgan fingerprint density at radius 2 is 2.14 bits per heavy atom. The zero-order valence-corrected chi connectivity index (χ0v) is 8.97. The highest BCUT2D eigenvalue weighted by Crippen LogP contribution is 2.49. The van der Waals surface area contributed by atoms with Crippen LogP contribution in [0.3, 0.4) is 0 Å². The second-order valence-electron chi connectivity index (χ2n) is 3.55. The molecule has 1 aromatic rings. The third kappa shape index (κ3) is 1.25. The maximum absolute atomic E-state index is 13.6. The van der Waals surface area contributed by atoms with Crippen LogP contribution in [0.1, 0.15) is 18.4 Å². The zero-order chi connectivity index (χ0) is 10.3. The molecule has 0 bridgehead atoms. The van der Waals surface area contributed by atoms with Gasteiger partial charge in [-0.2, -0.15) is 0 Å². The average Bonchev–Trinajstić information content (AvgIpc) is 2.90. The van der Waals surface area contributed by atoms with E-state index in [1.807, 2.05) is 0 Å². The first kappa shape index (κ1) is 9.65. The van der Waals surface area contributed by atoms with Gasteiger partial charge >= 0.3 is 0 Å². The van der Waals surface area contributed by atoms with Crippen LogP contribution in [0.4, 0.5) is 4.39 Å². The second kappa shape index (κ2) is 3.05. The lowest BCUT2D eigenvalue weighted by Crippen LogP contribution is -2.29. The van der Waals surface area contributed by atoms with Gasteiger partial charge in [-0.3, -0.25) is 4.79 Å². The molecule has 4 heteroatoms. The van der Waals surface area contributed by atoms with E-state index in [1.165, 1.54) is 0 Å². The molecule has 0 radical (unpaired) electrons. The lowest BCUT2D eigenvalue weighted by molar-refractivity contribution is -0.120. The first-order valence-electron chi connectivity index (χ1n) is 4.32. The first-order valence-corrected chi connectivity index (χ1v) is 5.11. The smallest absolute Gasteiger partial charge is 0.228 e. The van der Waals surface area contributed by atoms with Crippen molar-refractivity contribution in [2.45, 2.75) is 18.3 Å². The Bertz CT molecular complexity index is 401. The van der Waals surface area contributed by atoms with Crippen molar-refractivity contribution in [3.05, 3.63) is 34.1 Å². The minimum Gasteiger partial charge on any atom is -0.369 e. The number of nitrogens with two attached hydrogens (primary N) is 1. The number of rotatable bonds is 2. The van der Waals surface area contributed by atoms with Crippen LogP contribution in [0.15, 0.2) is 22.7 Å². The first-order chi connectivity index (χ1) is 6.58. The van der Waals surface area contributed by atoms with Gasteiger partial charge < -0.3 is 5.73 Å². The number of carbonyl (C=O) groups excluding carboxylic acids is 1. The van der Waals surface area contributed by atoms with E-state index < -0.39 is 11.3 Å². The minimum absolute atomic E-state index is 0.371. The molecule has 0 aliphatic heterocycles. The summed E-state index contributed by atoms with van der Waals surface area (Å²) in [7, 11) is 0. The largest absolute Gasteiger partial charge is 0.369 e. The van der Waals surface area contributed by atoms with Crippen LogP contribution < -0.4 is 5.73 Å². The summed E-state index contributed by atoms with van der Waals surface area (Å²) >= 11 is 3.09. The van der Waals surface area contributed by atoms with E-state index in [0.29, 0.717) is 22.9 Å². The van der Waals surface area contributed by atoms with E-state index in [4.69, 9.17) is 5.73 Å². The Hall–Kier alpha value is -0.900. The topological polar surface area (TPSA) is 43.1 Å². The van der Waals surface area contributed by atoms with Crippen LogP contribution in [0.2, 0.25) is 0 Å². The number of hydrogen-bond acceptors (Lipinski definition) is 1. The summed E-state index contributed by atoms with van der Waals surface area (Å²) in [6.45, 7) is 0. The molecule has 2 N–H and O–H groups in total. The monoisotopic (exact) mass is 257 g/mol. The Morgan fingerprint density at radius 3 is 2.64 bits per heavy atom.